The molecule has 0 bridgehead atoms. The minimum Gasteiger partial charge on any atom is -0.478 e. The fourth-order valence-electron chi connectivity index (χ4n) is 1.87. The van der Waals surface area contributed by atoms with Crippen LogP contribution in [0.5, 0.6) is 0 Å². The van der Waals surface area contributed by atoms with Crippen molar-refractivity contribution in [2.24, 2.45) is 0 Å². The molecule has 0 atom stereocenters. The second kappa shape index (κ2) is 6.95. The van der Waals surface area contributed by atoms with Crippen LogP contribution in [0.2, 0.25) is 0 Å². The molecule has 2 amide bonds. The average Bonchev–Trinajstić information content (AvgIpc) is 2.81. The van der Waals surface area contributed by atoms with Crippen molar-refractivity contribution in [3.63, 3.8) is 0 Å². The molecule has 0 spiro atoms. The van der Waals surface area contributed by atoms with Crippen molar-refractivity contribution in [3.05, 3.63) is 28.2 Å². The number of carbonyl (C=O) groups excluding carboxylic acids is 2. The van der Waals surface area contributed by atoms with Gasteiger partial charge in [-0.25, -0.2) is 4.79 Å². The molecule has 2 rings (SSSR count). The van der Waals surface area contributed by atoms with Crippen LogP contribution in [0.15, 0.2) is 22.7 Å². The highest BCUT2D eigenvalue weighted by Crippen LogP contribution is 2.20. The summed E-state index contributed by atoms with van der Waals surface area (Å²) in [4.78, 5) is 35.8. The molecule has 0 radical (unpaired) electrons. The average molecular weight is 373 g/mol. The van der Waals surface area contributed by atoms with E-state index in [-0.39, 0.29) is 23.1 Å². The third kappa shape index (κ3) is 4.47. The third-order valence-electron chi connectivity index (χ3n) is 2.88. The summed E-state index contributed by atoms with van der Waals surface area (Å²) in [5, 5.41) is 11.6. The smallest absolute Gasteiger partial charge is 0.335 e. The largest absolute Gasteiger partial charge is 0.478 e. The number of carboxylic acids is 1. The van der Waals surface area contributed by atoms with Gasteiger partial charge in [0.2, 0.25) is 5.91 Å². The SMILES string of the molecule is O=C(CCN1CCSC1=O)Nc1cc(Br)cc(C(=O)O)c1. The first-order valence-corrected chi connectivity index (χ1v) is 7.99. The summed E-state index contributed by atoms with van der Waals surface area (Å²) < 4.78 is 0.573. The molecule has 0 aliphatic carbocycles. The molecule has 0 unspecified atom stereocenters. The van der Waals surface area contributed by atoms with Gasteiger partial charge in [-0.1, -0.05) is 27.7 Å². The van der Waals surface area contributed by atoms with Crippen LogP contribution in [0.3, 0.4) is 0 Å². The highest BCUT2D eigenvalue weighted by Gasteiger charge is 2.21. The molecule has 1 aromatic carbocycles. The number of amides is 2. The van der Waals surface area contributed by atoms with E-state index in [2.05, 4.69) is 21.2 Å². The lowest BCUT2D eigenvalue weighted by Gasteiger charge is -2.14. The zero-order chi connectivity index (χ0) is 15.4. The number of benzene rings is 1. The van der Waals surface area contributed by atoms with E-state index in [9.17, 15) is 14.4 Å². The van der Waals surface area contributed by atoms with Gasteiger partial charge in [-0.15, -0.1) is 0 Å². The number of halogens is 1. The Balaban J connectivity index is 1.93. The highest BCUT2D eigenvalue weighted by atomic mass is 79.9. The molecule has 1 aliphatic heterocycles. The van der Waals surface area contributed by atoms with Crippen LogP contribution >= 0.6 is 27.7 Å². The lowest BCUT2D eigenvalue weighted by Crippen LogP contribution is -2.27. The van der Waals surface area contributed by atoms with Gasteiger partial charge in [-0.3, -0.25) is 9.59 Å². The van der Waals surface area contributed by atoms with Crippen LogP contribution < -0.4 is 5.32 Å². The zero-order valence-electron chi connectivity index (χ0n) is 11.0. The Morgan fingerprint density at radius 1 is 1.38 bits per heavy atom. The fourth-order valence-corrected chi connectivity index (χ4v) is 3.22. The number of carbonyl (C=O) groups is 3. The molecule has 112 valence electrons. The Bertz CT molecular complexity index is 594. The van der Waals surface area contributed by atoms with Gasteiger partial charge in [0, 0.05) is 35.4 Å². The molecule has 6 nitrogen and oxygen atoms in total. The van der Waals surface area contributed by atoms with Gasteiger partial charge >= 0.3 is 5.97 Å². The Morgan fingerprint density at radius 2 is 2.14 bits per heavy atom. The normalized spacial score (nSPS) is 14.3. The van der Waals surface area contributed by atoms with Crippen LogP contribution in [-0.4, -0.2) is 46.0 Å². The minimum atomic E-state index is -1.06. The van der Waals surface area contributed by atoms with Gasteiger partial charge in [0.15, 0.2) is 0 Å². The van der Waals surface area contributed by atoms with Crippen molar-refractivity contribution in [3.8, 4) is 0 Å². The Kier molecular flexibility index (Phi) is 5.24. The second-order valence-corrected chi connectivity index (χ2v) is 6.40. The monoisotopic (exact) mass is 372 g/mol. The summed E-state index contributed by atoms with van der Waals surface area (Å²) in [6.07, 6.45) is 0.182. The number of nitrogens with zero attached hydrogens (tertiary/aromatic N) is 1. The number of rotatable bonds is 5. The maximum atomic E-state index is 11.8. The maximum absolute atomic E-state index is 11.8. The third-order valence-corrected chi connectivity index (χ3v) is 4.23. The van der Waals surface area contributed by atoms with Crippen LogP contribution in [0.25, 0.3) is 0 Å². The van der Waals surface area contributed by atoms with Crippen LogP contribution in [0.1, 0.15) is 16.8 Å². The summed E-state index contributed by atoms with van der Waals surface area (Å²) in [6.45, 7) is 1.04. The Morgan fingerprint density at radius 3 is 2.76 bits per heavy atom. The summed E-state index contributed by atoms with van der Waals surface area (Å²) in [5.74, 6) is -0.561. The molecule has 0 aromatic heterocycles. The molecule has 0 saturated carbocycles. The van der Waals surface area contributed by atoms with E-state index in [1.54, 1.807) is 11.0 Å². The molecule has 21 heavy (non-hydrogen) atoms. The summed E-state index contributed by atoms with van der Waals surface area (Å²) in [6, 6.07) is 4.47. The van der Waals surface area contributed by atoms with Gasteiger partial charge in [0.05, 0.1) is 5.56 Å². The number of carboxylic acid groups (broad SMARTS) is 1. The quantitative estimate of drug-likeness (QED) is 0.829. The lowest BCUT2D eigenvalue weighted by molar-refractivity contribution is -0.116. The van der Waals surface area contributed by atoms with E-state index in [1.165, 1.54) is 23.9 Å². The van der Waals surface area contributed by atoms with Crippen LogP contribution in [-0.2, 0) is 4.79 Å². The molecule has 1 fully saturated rings. The molecule has 1 aliphatic rings. The topological polar surface area (TPSA) is 86.7 Å². The number of hydrogen-bond acceptors (Lipinski definition) is 4. The standard InChI is InChI=1S/C13H13BrN2O4S/c14-9-5-8(12(18)19)6-10(7-9)15-11(17)1-2-16-3-4-21-13(16)20/h5-7H,1-4H2,(H,15,17)(H,18,19). The van der Waals surface area contributed by atoms with Crippen LogP contribution in [0.4, 0.5) is 10.5 Å². The number of nitrogens with one attached hydrogen (secondary N) is 1. The molecule has 1 saturated heterocycles. The van der Waals surface area contributed by atoms with Gasteiger partial charge < -0.3 is 15.3 Å². The molecule has 2 N–H and O–H groups in total. The minimum absolute atomic E-state index is 0.00146. The summed E-state index contributed by atoms with van der Waals surface area (Å²) in [5.41, 5.74) is 0.500. The first kappa shape index (κ1) is 15.8. The van der Waals surface area contributed by atoms with Gasteiger partial charge in [-0.2, -0.15) is 0 Å². The van der Waals surface area contributed by atoms with E-state index in [1.807, 2.05) is 0 Å². The van der Waals surface area contributed by atoms with E-state index < -0.39 is 5.97 Å². The first-order valence-electron chi connectivity index (χ1n) is 6.21. The maximum Gasteiger partial charge on any atom is 0.335 e. The number of hydrogen-bond donors (Lipinski definition) is 2. The van der Waals surface area contributed by atoms with Gasteiger partial charge in [0.25, 0.3) is 5.24 Å². The summed E-state index contributed by atoms with van der Waals surface area (Å²) >= 11 is 4.45. The lowest BCUT2D eigenvalue weighted by atomic mass is 10.2. The van der Waals surface area contributed by atoms with E-state index in [0.717, 1.165) is 5.75 Å². The Hall–Kier alpha value is -1.54. The second-order valence-electron chi connectivity index (χ2n) is 4.43. The van der Waals surface area contributed by atoms with E-state index >= 15 is 0 Å². The zero-order valence-corrected chi connectivity index (χ0v) is 13.4. The van der Waals surface area contributed by atoms with Gasteiger partial charge in [0.1, 0.15) is 0 Å². The fraction of sp³-hybridized carbons (Fsp3) is 0.308. The number of anilines is 1. The number of thioether (sulfide) groups is 1. The van der Waals surface area contributed by atoms with Crippen molar-refractivity contribution in [2.45, 2.75) is 6.42 Å². The molecule has 8 heteroatoms. The van der Waals surface area contributed by atoms with Crippen molar-refractivity contribution in [2.75, 3.05) is 24.2 Å². The Labute approximate surface area is 134 Å². The van der Waals surface area contributed by atoms with E-state index in [0.29, 0.717) is 23.2 Å². The van der Waals surface area contributed by atoms with Crippen LogP contribution in [0, 0.1) is 0 Å². The summed E-state index contributed by atoms with van der Waals surface area (Å²) in [7, 11) is 0. The van der Waals surface area contributed by atoms with Crippen molar-refractivity contribution in [1.82, 2.24) is 4.90 Å². The van der Waals surface area contributed by atoms with Crippen molar-refractivity contribution < 1.29 is 19.5 Å². The predicted molar refractivity (Wildman–Crippen MR) is 83.8 cm³/mol. The first-order chi connectivity index (χ1) is 9.95. The molecule has 1 heterocycles. The molecule has 1 aromatic rings. The highest BCUT2D eigenvalue weighted by molar-refractivity contribution is 9.10. The van der Waals surface area contributed by atoms with Crippen molar-refractivity contribution >= 4 is 50.5 Å². The molecular formula is C13H13BrN2O4S. The van der Waals surface area contributed by atoms with E-state index in [4.69, 9.17) is 5.11 Å². The van der Waals surface area contributed by atoms with Crippen molar-refractivity contribution in [1.29, 1.82) is 0 Å². The van der Waals surface area contributed by atoms with Gasteiger partial charge in [-0.05, 0) is 18.2 Å². The number of aromatic carboxylic acids is 1. The predicted octanol–water partition coefficient (Wildman–Crippen LogP) is 2.64. The molecular weight excluding hydrogens is 360 g/mol.